The molecule has 0 bridgehead atoms. The van der Waals surface area contributed by atoms with Gasteiger partial charge in [0.1, 0.15) is 5.00 Å². The van der Waals surface area contributed by atoms with E-state index in [0.29, 0.717) is 17.3 Å². The van der Waals surface area contributed by atoms with Crippen molar-refractivity contribution in [1.29, 1.82) is 0 Å². The van der Waals surface area contributed by atoms with Gasteiger partial charge < -0.3 is 10.1 Å². The molecule has 0 spiro atoms. The molecule has 3 amide bonds. The number of ether oxygens (including phenoxy) is 1. The molecule has 2 aromatic rings. The SMILES string of the molecule is COC(=O)NC(=O)c1c(NC(=O)CCCS(=O)(=O)c2ccccc2)sc2c1CCC(C)C2. The monoisotopic (exact) mass is 478 g/mol. The number of benzene rings is 1. The van der Waals surface area contributed by atoms with Crippen molar-refractivity contribution in [2.24, 2.45) is 5.92 Å². The number of nitrogens with one attached hydrogen (secondary N) is 2. The zero-order valence-electron chi connectivity index (χ0n) is 18.0. The minimum atomic E-state index is -3.47. The molecule has 8 nitrogen and oxygen atoms in total. The van der Waals surface area contributed by atoms with Crippen molar-refractivity contribution < 1.29 is 27.5 Å². The van der Waals surface area contributed by atoms with E-state index in [0.717, 1.165) is 23.3 Å². The van der Waals surface area contributed by atoms with Crippen LogP contribution in [-0.2, 0) is 32.2 Å². The third-order valence-electron chi connectivity index (χ3n) is 5.31. The van der Waals surface area contributed by atoms with E-state index < -0.39 is 21.8 Å². The van der Waals surface area contributed by atoms with E-state index in [1.165, 1.54) is 30.6 Å². The van der Waals surface area contributed by atoms with Gasteiger partial charge in [-0.1, -0.05) is 25.1 Å². The molecule has 0 aliphatic heterocycles. The molecular weight excluding hydrogens is 452 g/mol. The number of fused-ring (bicyclic) bond motifs is 1. The number of methoxy groups -OCH3 is 1. The molecule has 0 saturated heterocycles. The van der Waals surface area contributed by atoms with Gasteiger partial charge in [0, 0.05) is 11.3 Å². The van der Waals surface area contributed by atoms with Gasteiger partial charge in [-0.2, -0.15) is 0 Å². The Bertz CT molecular complexity index is 1110. The maximum absolute atomic E-state index is 12.7. The summed E-state index contributed by atoms with van der Waals surface area (Å²) in [4.78, 5) is 38.0. The summed E-state index contributed by atoms with van der Waals surface area (Å²) < 4.78 is 29.3. The van der Waals surface area contributed by atoms with Gasteiger partial charge in [0.2, 0.25) is 5.91 Å². The molecule has 1 atom stereocenters. The lowest BCUT2D eigenvalue weighted by molar-refractivity contribution is -0.116. The highest BCUT2D eigenvalue weighted by Crippen LogP contribution is 2.39. The van der Waals surface area contributed by atoms with Crippen LogP contribution in [0.5, 0.6) is 0 Å². The van der Waals surface area contributed by atoms with Gasteiger partial charge in [-0.15, -0.1) is 11.3 Å². The molecule has 1 aliphatic carbocycles. The maximum Gasteiger partial charge on any atom is 0.413 e. The second-order valence-corrected chi connectivity index (χ2v) is 11.0. The van der Waals surface area contributed by atoms with Crippen molar-refractivity contribution >= 4 is 44.1 Å². The van der Waals surface area contributed by atoms with Crippen LogP contribution in [0.15, 0.2) is 35.2 Å². The maximum atomic E-state index is 12.7. The second kappa shape index (κ2) is 10.3. The number of thiophene rings is 1. The van der Waals surface area contributed by atoms with Crippen molar-refractivity contribution in [3.8, 4) is 0 Å². The van der Waals surface area contributed by atoms with E-state index >= 15 is 0 Å². The highest BCUT2D eigenvalue weighted by molar-refractivity contribution is 7.91. The predicted molar refractivity (Wildman–Crippen MR) is 122 cm³/mol. The molecule has 1 aliphatic rings. The first-order chi connectivity index (χ1) is 15.2. The summed E-state index contributed by atoms with van der Waals surface area (Å²) in [5.41, 5.74) is 1.13. The van der Waals surface area contributed by atoms with Gasteiger partial charge in [0.15, 0.2) is 9.84 Å². The first-order valence-corrected chi connectivity index (χ1v) is 12.8. The number of carbonyl (C=O) groups is 3. The first kappa shape index (κ1) is 23.9. The van der Waals surface area contributed by atoms with Crippen molar-refractivity contribution in [1.82, 2.24) is 5.32 Å². The predicted octanol–water partition coefficient (Wildman–Crippen LogP) is 3.56. The number of imide groups is 1. The highest BCUT2D eigenvalue weighted by Gasteiger charge is 2.29. The normalized spacial score (nSPS) is 15.5. The lowest BCUT2D eigenvalue weighted by Crippen LogP contribution is -2.31. The van der Waals surface area contributed by atoms with Crippen LogP contribution in [0.2, 0.25) is 0 Å². The molecule has 172 valence electrons. The summed E-state index contributed by atoms with van der Waals surface area (Å²) in [5, 5.41) is 5.29. The van der Waals surface area contributed by atoms with Gasteiger partial charge in [-0.25, -0.2) is 13.2 Å². The number of hydrogen-bond acceptors (Lipinski definition) is 7. The Balaban J connectivity index is 1.70. The minimum absolute atomic E-state index is 0.0108. The molecule has 32 heavy (non-hydrogen) atoms. The van der Waals surface area contributed by atoms with E-state index in [1.54, 1.807) is 18.2 Å². The zero-order valence-corrected chi connectivity index (χ0v) is 19.6. The van der Waals surface area contributed by atoms with Crippen LogP contribution in [0.25, 0.3) is 0 Å². The van der Waals surface area contributed by atoms with Crippen molar-refractivity contribution in [3.05, 3.63) is 46.3 Å². The summed E-state index contributed by atoms with van der Waals surface area (Å²) in [5.74, 6) is -0.694. The van der Waals surface area contributed by atoms with Crippen molar-refractivity contribution in [2.45, 2.75) is 43.9 Å². The molecule has 1 aromatic carbocycles. The number of anilines is 1. The third-order valence-corrected chi connectivity index (χ3v) is 8.30. The van der Waals surface area contributed by atoms with E-state index in [9.17, 15) is 22.8 Å². The molecular formula is C22H26N2O6S2. The van der Waals surface area contributed by atoms with Crippen LogP contribution >= 0.6 is 11.3 Å². The fraction of sp³-hybridized carbons (Fsp3) is 0.409. The molecule has 1 aromatic heterocycles. The average Bonchev–Trinajstić information content (AvgIpc) is 3.10. The number of alkyl carbamates (subject to hydrolysis) is 1. The summed E-state index contributed by atoms with van der Waals surface area (Å²) in [6.07, 6.45) is 1.65. The molecule has 1 unspecified atom stereocenters. The van der Waals surface area contributed by atoms with Gasteiger partial charge in [-0.3, -0.25) is 14.9 Å². The van der Waals surface area contributed by atoms with Crippen LogP contribution < -0.4 is 10.6 Å². The number of hydrogen-bond donors (Lipinski definition) is 2. The van der Waals surface area contributed by atoms with E-state index in [1.807, 2.05) is 0 Å². The van der Waals surface area contributed by atoms with Crippen LogP contribution in [-0.4, -0.2) is 39.2 Å². The minimum Gasteiger partial charge on any atom is -0.453 e. The highest BCUT2D eigenvalue weighted by atomic mass is 32.2. The topological polar surface area (TPSA) is 119 Å². The van der Waals surface area contributed by atoms with Gasteiger partial charge in [-0.05, 0) is 49.3 Å². The van der Waals surface area contributed by atoms with E-state index in [4.69, 9.17) is 0 Å². The van der Waals surface area contributed by atoms with Crippen LogP contribution in [0.1, 0.15) is 47.0 Å². The lowest BCUT2D eigenvalue weighted by Gasteiger charge is -2.18. The average molecular weight is 479 g/mol. The van der Waals surface area contributed by atoms with Crippen molar-refractivity contribution in [3.63, 3.8) is 0 Å². The van der Waals surface area contributed by atoms with Crippen LogP contribution in [0.4, 0.5) is 9.80 Å². The fourth-order valence-electron chi connectivity index (χ4n) is 3.64. The Kier molecular flexibility index (Phi) is 7.68. The first-order valence-electron chi connectivity index (χ1n) is 10.3. The zero-order chi connectivity index (χ0) is 23.3. The number of carbonyl (C=O) groups excluding carboxylic acids is 3. The number of sulfone groups is 1. The Morgan fingerprint density at radius 2 is 1.91 bits per heavy atom. The summed E-state index contributed by atoms with van der Waals surface area (Å²) >= 11 is 1.33. The molecule has 2 N–H and O–H groups in total. The number of rotatable bonds is 7. The largest absolute Gasteiger partial charge is 0.453 e. The van der Waals surface area contributed by atoms with Gasteiger partial charge in [0.05, 0.1) is 23.3 Å². The molecule has 0 saturated carbocycles. The van der Waals surface area contributed by atoms with Crippen LogP contribution in [0, 0.1) is 5.92 Å². The quantitative estimate of drug-likeness (QED) is 0.628. The van der Waals surface area contributed by atoms with Gasteiger partial charge >= 0.3 is 6.09 Å². The summed E-state index contributed by atoms with van der Waals surface area (Å²) in [7, 11) is -2.30. The molecule has 0 radical (unpaired) electrons. The Morgan fingerprint density at radius 3 is 2.59 bits per heavy atom. The third kappa shape index (κ3) is 5.74. The standard InChI is InChI=1S/C22H26N2O6S2/c1-14-10-11-16-17(13-14)31-21(19(16)20(26)24-22(27)30-2)23-18(25)9-6-12-32(28,29)15-7-4-3-5-8-15/h3-5,7-8,14H,6,9-13H2,1-2H3,(H,23,25)(H,24,26,27). The fourth-order valence-corrected chi connectivity index (χ4v) is 6.40. The van der Waals surface area contributed by atoms with E-state index in [2.05, 4.69) is 22.3 Å². The van der Waals surface area contributed by atoms with Crippen LogP contribution in [0.3, 0.4) is 0 Å². The Hall–Kier alpha value is -2.72. The molecule has 0 fully saturated rings. The van der Waals surface area contributed by atoms with Crippen molar-refractivity contribution in [2.75, 3.05) is 18.2 Å². The van der Waals surface area contributed by atoms with E-state index in [-0.39, 0.29) is 35.0 Å². The number of amides is 3. The molecule has 10 heteroatoms. The summed E-state index contributed by atoms with van der Waals surface area (Å²) in [6, 6.07) is 8.10. The van der Waals surface area contributed by atoms with Gasteiger partial charge in [0.25, 0.3) is 5.91 Å². The lowest BCUT2D eigenvalue weighted by atomic mass is 9.88. The molecule has 3 rings (SSSR count). The molecule has 1 heterocycles. The Labute approximate surface area is 191 Å². The smallest absolute Gasteiger partial charge is 0.413 e. The second-order valence-electron chi connectivity index (χ2n) is 7.79. The summed E-state index contributed by atoms with van der Waals surface area (Å²) in [6.45, 7) is 2.13. The Morgan fingerprint density at radius 1 is 1.19 bits per heavy atom.